The highest BCUT2D eigenvalue weighted by Gasteiger charge is 2.18. The number of carbonyl (C=O) groups is 1. The number of anilines is 1. The monoisotopic (exact) mass is 344 g/mol. The number of benzene rings is 1. The molecule has 1 atom stereocenters. The van der Waals surface area contributed by atoms with Gasteiger partial charge in [0, 0.05) is 19.0 Å². The third-order valence-corrected chi connectivity index (χ3v) is 4.86. The number of nitrogens with zero attached hydrogens (tertiary/aromatic N) is 1. The molecule has 23 heavy (non-hydrogen) atoms. The van der Waals surface area contributed by atoms with Gasteiger partial charge in [-0.3, -0.25) is 9.10 Å². The van der Waals surface area contributed by atoms with Gasteiger partial charge in [-0.05, 0) is 43.5 Å². The van der Waals surface area contributed by atoms with Crippen LogP contribution >= 0.6 is 0 Å². The van der Waals surface area contributed by atoms with E-state index in [4.69, 9.17) is 0 Å². The second-order valence-electron chi connectivity index (χ2n) is 6.02. The Balaban J connectivity index is 2.63. The first kappa shape index (κ1) is 19.4. The van der Waals surface area contributed by atoms with Gasteiger partial charge in [0.2, 0.25) is 15.9 Å². The molecule has 1 N–H and O–H groups in total. The van der Waals surface area contributed by atoms with Crippen molar-refractivity contribution in [3.63, 3.8) is 0 Å². The summed E-state index contributed by atoms with van der Waals surface area (Å²) in [5.74, 6) is -0.186. The van der Waals surface area contributed by atoms with E-state index in [1.807, 2.05) is 20.8 Å². The molecule has 0 saturated heterocycles. The van der Waals surface area contributed by atoms with E-state index in [1.165, 1.54) is 28.6 Å². The lowest BCUT2D eigenvalue weighted by molar-refractivity contribution is -0.122. The van der Waals surface area contributed by atoms with E-state index in [9.17, 15) is 17.6 Å². The van der Waals surface area contributed by atoms with Crippen molar-refractivity contribution in [2.45, 2.75) is 39.7 Å². The fourth-order valence-electron chi connectivity index (χ4n) is 1.97. The maximum atomic E-state index is 13.0. The zero-order chi connectivity index (χ0) is 17.6. The lowest BCUT2D eigenvalue weighted by Gasteiger charge is -2.22. The van der Waals surface area contributed by atoms with Gasteiger partial charge >= 0.3 is 0 Å². The van der Waals surface area contributed by atoms with Gasteiger partial charge in [-0.25, -0.2) is 12.8 Å². The number of halogens is 1. The van der Waals surface area contributed by atoms with Crippen LogP contribution in [0.15, 0.2) is 24.3 Å². The number of amides is 1. The van der Waals surface area contributed by atoms with Crippen LogP contribution in [0.2, 0.25) is 0 Å². The second-order valence-corrected chi connectivity index (χ2v) is 7.92. The molecule has 0 heterocycles. The Morgan fingerprint density at radius 2 is 1.78 bits per heavy atom. The summed E-state index contributed by atoms with van der Waals surface area (Å²) in [4.78, 5) is 11.8. The number of carbonyl (C=O) groups excluding carboxylic acids is 1. The van der Waals surface area contributed by atoms with E-state index in [0.717, 1.165) is 6.26 Å². The molecule has 5 nitrogen and oxygen atoms in total. The molecule has 1 aromatic rings. The summed E-state index contributed by atoms with van der Waals surface area (Å²) in [7, 11) is -3.49. The molecule has 0 radical (unpaired) electrons. The Morgan fingerprint density at radius 3 is 2.26 bits per heavy atom. The van der Waals surface area contributed by atoms with Crippen molar-refractivity contribution in [2.75, 3.05) is 17.1 Å². The molecule has 0 unspecified atom stereocenters. The number of rotatable bonds is 8. The van der Waals surface area contributed by atoms with Crippen molar-refractivity contribution in [1.82, 2.24) is 5.32 Å². The van der Waals surface area contributed by atoms with E-state index >= 15 is 0 Å². The van der Waals surface area contributed by atoms with Gasteiger partial charge in [0.05, 0.1) is 11.9 Å². The van der Waals surface area contributed by atoms with Crippen molar-refractivity contribution in [2.24, 2.45) is 5.92 Å². The molecule has 0 bridgehead atoms. The summed E-state index contributed by atoms with van der Waals surface area (Å²) in [6.07, 6.45) is 1.72. The van der Waals surface area contributed by atoms with E-state index in [2.05, 4.69) is 5.32 Å². The highest BCUT2D eigenvalue weighted by Crippen LogP contribution is 2.18. The summed E-state index contributed by atoms with van der Waals surface area (Å²) in [5.41, 5.74) is 0.393. The zero-order valence-corrected chi connectivity index (χ0v) is 14.9. The smallest absolute Gasteiger partial charge is 0.232 e. The zero-order valence-electron chi connectivity index (χ0n) is 14.0. The van der Waals surface area contributed by atoms with Crippen LogP contribution < -0.4 is 9.62 Å². The molecule has 1 rings (SSSR count). The molecular formula is C16H25FN2O3S. The maximum Gasteiger partial charge on any atom is 0.232 e. The van der Waals surface area contributed by atoms with Crippen LogP contribution in [0.3, 0.4) is 0 Å². The fraction of sp³-hybridized carbons (Fsp3) is 0.562. The molecule has 0 aliphatic rings. The largest absolute Gasteiger partial charge is 0.353 e. The molecule has 1 aromatic carbocycles. The molecule has 0 spiro atoms. The van der Waals surface area contributed by atoms with Crippen molar-refractivity contribution in [1.29, 1.82) is 0 Å². The Bertz CT molecular complexity index is 615. The highest BCUT2D eigenvalue weighted by atomic mass is 32.2. The van der Waals surface area contributed by atoms with E-state index in [1.54, 1.807) is 0 Å². The first-order valence-electron chi connectivity index (χ1n) is 7.64. The Hall–Kier alpha value is -1.63. The van der Waals surface area contributed by atoms with Crippen molar-refractivity contribution in [3.8, 4) is 0 Å². The summed E-state index contributed by atoms with van der Waals surface area (Å²) in [6.45, 7) is 6.15. The number of hydrogen-bond donors (Lipinski definition) is 1. The standard InChI is InChI=1S/C16H25FN2O3S/c1-12(2)13(3)18-16(20)6-5-11-19(23(4,21)22)15-9-7-14(17)8-10-15/h7-10,12-13H,5-6,11H2,1-4H3,(H,18,20)/t13-/m0/s1. The normalized spacial score (nSPS) is 13.0. The minimum Gasteiger partial charge on any atom is -0.353 e. The van der Waals surface area contributed by atoms with Crippen LogP contribution in [-0.4, -0.2) is 33.2 Å². The molecule has 1 amide bonds. The van der Waals surface area contributed by atoms with Crippen LogP contribution in [0.4, 0.5) is 10.1 Å². The van der Waals surface area contributed by atoms with Crippen LogP contribution in [0, 0.1) is 11.7 Å². The molecule has 0 fully saturated rings. The van der Waals surface area contributed by atoms with E-state index in [-0.39, 0.29) is 24.9 Å². The number of hydrogen-bond acceptors (Lipinski definition) is 3. The predicted molar refractivity (Wildman–Crippen MR) is 90.3 cm³/mol. The first-order valence-corrected chi connectivity index (χ1v) is 9.48. The first-order chi connectivity index (χ1) is 10.6. The average Bonchev–Trinajstić information content (AvgIpc) is 2.43. The van der Waals surface area contributed by atoms with E-state index in [0.29, 0.717) is 18.0 Å². The lowest BCUT2D eigenvalue weighted by atomic mass is 10.1. The van der Waals surface area contributed by atoms with Crippen molar-refractivity contribution >= 4 is 21.6 Å². The van der Waals surface area contributed by atoms with Gasteiger partial charge in [-0.15, -0.1) is 0 Å². The van der Waals surface area contributed by atoms with Gasteiger partial charge in [0.15, 0.2) is 0 Å². The summed E-state index contributed by atoms with van der Waals surface area (Å²) in [6, 6.07) is 5.33. The molecule has 0 saturated carbocycles. The average molecular weight is 344 g/mol. The van der Waals surface area contributed by atoms with Gasteiger partial charge in [0.25, 0.3) is 0 Å². The van der Waals surface area contributed by atoms with Crippen LogP contribution in [0.5, 0.6) is 0 Å². The molecule has 130 valence electrons. The van der Waals surface area contributed by atoms with Crippen molar-refractivity contribution in [3.05, 3.63) is 30.1 Å². The SMILES string of the molecule is CC(C)[C@H](C)NC(=O)CCCN(c1ccc(F)cc1)S(C)(=O)=O. The highest BCUT2D eigenvalue weighted by molar-refractivity contribution is 7.92. The predicted octanol–water partition coefficient (Wildman–Crippen LogP) is 2.53. The number of sulfonamides is 1. The van der Waals surface area contributed by atoms with Crippen molar-refractivity contribution < 1.29 is 17.6 Å². The second kappa shape index (κ2) is 8.29. The minimum atomic E-state index is -3.49. The summed E-state index contributed by atoms with van der Waals surface area (Å²) < 4.78 is 37.9. The maximum absolute atomic E-state index is 13.0. The van der Waals surface area contributed by atoms with Gasteiger partial charge in [-0.2, -0.15) is 0 Å². The third kappa shape index (κ3) is 6.56. The molecule has 0 aliphatic carbocycles. The molecule has 0 aromatic heterocycles. The van der Waals surface area contributed by atoms with Gasteiger partial charge in [-0.1, -0.05) is 13.8 Å². The number of nitrogens with one attached hydrogen (secondary N) is 1. The van der Waals surface area contributed by atoms with Gasteiger partial charge < -0.3 is 5.32 Å². The Kier molecular flexibility index (Phi) is 7.00. The van der Waals surface area contributed by atoms with Crippen LogP contribution in [0.25, 0.3) is 0 Å². The quantitative estimate of drug-likeness (QED) is 0.788. The van der Waals surface area contributed by atoms with Crippen LogP contribution in [0.1, 0.15) is 33.6 Å². The Labute approximate surface area is 137 Å². The molecule has 7 heteroatoms. The van der Waals surface area contributed by atoms with E-state index < -0.39 is 15.8 Å². The third-order valence-electron chi connectivity index (χ3n) is 3.67. The summed E-state index contributed by atoms with van der Waals surface area (Å²) >= 11 is 0. The molecular weight excluding hydrogens is 319 g/mol. The van der Waals surface area contributed by atoms with Crippen LogP contribution in [-0.2, 0) is 14.8 Å². The lowest BCUT2D eigenvalue weighted by Crippen LogP contribution is -2.37. The summed E-state index contributed by atoms with van der Waals surface area (Å²) in [5, 5.41) is 2.88. The minimum absolute atomic E-state index is 0.0746. The fourth-order valence-corrected chi connectivity index (χ4v) is 2.94. The molecule has 0 aliphatic heterocycles. The Morgan fingerprint density at radius 1 is 1.22 bits per heavy atom. The topological polar surface area (TPSA) is 66.5 Å². The van der Waals surface area contributed by atoms with Gasteiger partial charge in [0.1, 0.15) is 5.82 Å².